The van der Waals surface area contributed by atoms with Crippen LogP contribution in [-0.2, 0) is 9.59 Å². The van der Waals surface area contributed by atoms with Crippen LogP contribution in [0.2, 0.25) is 5.02 Å². The zero-order valence-electron chi connectivity index (χ0n) is 8.14. The third kappa shape index (κ3) is 1.94. The van der Waals surface area contributed by atoms with Crippen molar-refractivity contribution in [2.45, 2.75) is 0 Å². The second-order valence-electron chi connectivity index (χ2n) is 3.27. The summed E-state index contributed by atoms with van der Waals surface area (Å²) in [5, 5.41) is 9.18. The van der Waals surface area contributed by atoms with Crippen molar-refractivity contribution in [1.29, 1.82) is 0 Å². The monoisotopic (exact) mass is 241 g/mol. The summed E-state index contributed by atoms with van der Waals surface area (Å²) in [5.74, 6) is -1.03. The first kappa shape index (κ1) is 10.8. The summed E-state index contributed by atoms with van der Waals surface area (Å²) in [6.45, 7) is -0.544. The number of hydrogen-bond acceptors (Lipinski definition) is 3. The van der Waals surface area contributed by atoms with Crippen molar-refractivity contribution < 1.29 is 19.4 Å². The van der Waals surface area contributed by atoms with Gasteiger partial charge in [0.2, 0.25) is 0 Å². The highest BCUT2D eigenvalue weighted by atomic mass is 35.5. The zero-order valence-corrected chi connectivity index (χ0v) is 8.90. The lowest BCUT2D eigenvalue weighted by Gasteiger charge is -2.27. The molecule has 0 unspecified atom stereocenters. The van der Waals surface area contributed by atoms with E-state index in [9.17, 15) is 9.59 Å². The Labute approximate surface area is 96.2 Å². The lowest BCUT2D eigenvalue weighted by molar-refractivity contribution is -0.137. The van der Waals surface area contributed by atoms with Crippen LogP contribution in [0.3, 0.4) is 0 Å². The van der Waals surface area contributed by atoms with Crippen LogP contribution in [0.4, 0.5) is 5.69 Å². The minimum Gasteiger partial charge on any atom is -0.482 e. The molecule has 0 aliphatic carbocycles. The molecule has 1 aromatic rings. The molecule has 0 atom stereocenters. The normalized spacial score (nSPS) is 14.3. The quantitative estimate of drug-likeness (QED) is 0.844. The first-order valence-electron chi connectivity index (χ1n) is 4.52. The van der Waals surface area contributed by atoms with Crippen molar-refractivity contribution in [3.05, 3.63) is 23.2 Å². The fourth-order valence-corrected chi connectivity index (χ4v) is 1.65. The maximum absolute atomic E-state index is 11.5. The summed E-state index contributed by atoms with van der Waals surface area (Å²) in [4.78, 5) is 23.3. The van der Waals surface area contributed by atoms with Crippen molar-refractivity contribution >= 4 is 29.2 Å². The molecule has 1 amide bonds. The molecule has 1 aromatic carbocycles. The molecule has 6 heteroatoms. The van der Waals surface area contributed by atoms with Crippen molar-refractivity contribution in [3.8, 4) is 5.75 Å². The molecule has 0 radical (unpaired) electrons. The van der Waals surface area contributed by atoms with Gasteiger partial charge in [-0.1, -0.05) is 11.6 Å². The smallest absolute Gasteiger partial charge is 0.323 e. The van der Waals surface area contributed by atoms with E-state index in [4.69, 9.17) is 21.4 Å². The molecule has 16 heavy (non-hydrogen) atoms. The van der Waals surface area contributed by atoms with Crippen LogP contribution < -0.4 is 9.64 Å². The number of anilines is 1. The summed E-state index contributed by atoms with van der Waals surface area (Å²) in [7, 11) is 0. The van der Waals surface area contributed by atoms with Gasteiger partial charge in [-0.2, -0.15) is 0 Å². The third-order valence-corrected chi connectivity index (χ3v) is 2.39. The molecule has 1 N–H and O–H groups in total. The Kier molecular flexibility index (Phi) is 2.70. The lowest BCUT2D eigenvalue weighted by atomic mass is 10.2. The molecular weight excluding hydrogens is 234 g/mol. The second-order valence-corrected chi connectivity index (χ2v) is 3.71. The summed E-state index contributed by atoms with van der Waals surface area (Å²) in [6.07, 6.45) is 0. The highest BCUT2D eigenvalue weighted by Gasteiger charge is 2.27. The van der Waals surface area contributed by atoms with Crippen molar-refractivity contribution in [2.24, 2.45) is 0 Å². The highest BCUT2D eigenvalue weighted by Crippen LogP contribution is 2.34. The molecule has 1 aliphatic heterocycles. The molecule has 2 rings (SSSR count). The van der Waals surface area contributed by atoms with Crippen molar-refractivity contribution in [3.63, 3.8) is 0 Å². The van der Waals surface area contributed by atoms with Gasteiger partial charge in [0.1, 0.15) is 12.3 Å². The molecule has 0 bridgehead atoms. The maximum atomic E-state index is 11.5. The summed E-state index contributed by atoms with van der Waals surface area (Å²) in [5.41, 5.74) is 0.433. The molecular formula is C10H8ClNO4. The average molecular weight is 242 g/mol. The van der Waals surface area contributed by atoms with Crippen LogP contribution in [0.15, 0.2) is 18.2 Å². The van der Waals surface area contributed by atoms with Gasteiger partial charge in [-0.15, -0.1) is 0 Å². The number of aliphatic carboxylic acids is 1. The molecule has 5 nitrogen and oxygen atoms in total. The average Bonchev–Trinajstić information content (AvgIpc) is 2.22. The fraction of sp³-hybridized carbons (Fsp3) is 0.200. The largest absolute Gasteiger partial charge is 0.482 e. The van der Waals surface area contributed by atoms with Gasteiger partial charge in [0.15, 0.2) is 6.61 Å². The highest BCUT2D eigenvalue weighted by molar-refractivity contribution is 6.30. The van der Waals surface area contributed by atoms with Gasteiger partial charge in [-0.3, -0.25) is 14.5 Å². The summed E-state index contributed by atoms with van der Waals surface area (Å²) in [6, 6.07) is 4.70. The standard InChI is InChI=1S/C10H8ClNO4/c11-6-1-2-7-8(3-6)16-5-9(13)12(7)4-10(14)15/h1-3H,4-5H2,(H,14,15). The number of amides is 1. The van der Waals surface area contributed by atoms with Gasteiger partial charge in [0.25, 0.3) is 5.91 Å². The number of rotatable bonds is 2. The minimum atomic E-state index is -1.07. The van der Waals surface area contributed by atoms with Gasteiger partial charge in [0.05, 0.1) is 5.69 Å². The van der Waals surface area contributed by atoms with Crippen LogP contribution in [0.25, 0.3) is 0 Å². The molecule has 0 saturated heterocycles. The van der Waals surface area contributed by atoms with Crippen molar-refractivity contribution in [1.82, 2.24) is 0 Å². The van der Waals surface area contributed by atoms with Gasteiger partial charge in [-0.25, -0.2) is 0 Å². The number of ether oxygens (including phenoxy) is 1. The minimum absolute atomic E-state index is 0.166. The predicted octanol–water partition coefficient (Wildman–Crippen LogP) is 1.15. The number of hydrogen-bond donors (Lipinski definition) is 1. The van der Waals surface area contributed by atoms with Crippen LogP contribution >= 0.6 is 11.6 Å². The van der Waals surface area contributed by atoms with E-state index in [1.165, 1.54) is 0 Å². The summed E-state index contributed by atoms with van der Waals surface area (Å²) >= 11 is 5.77. The Balaban J connectivity index is 2.40. The third-order valence-electron chi connectivity index (χ3n) is 2.16. The molecule has 84 valence electrons. The molecule has 1 aliphatic rings. The van der Waals surface area contributed by atoms with Gasteiger partial charge < -0.3 is 9.84 Å². The Morgan fingerprint density at radius 3 is 3.00 bits per heavy atom. The number of fused-ring (bicyclic) bond motifs is 1. The Hall–Kier alpha value is -1.75. The van der Waals surface area contributed by atoms with E-state index in [1.54, 1.807) is 18.2 Å². The van der Waals surface area contributed by atoms with E-state index >= 15 is 0 Å². The predicted molar refractivity (Wildman–Crippen MR) is 56.9 cm³/mol. The van der Waals surface area contributed by atoms with E-state index in [2.05, 4.69) is 0 Å². The van der Waals surface area contributed by atoms with Gasteiger partial charge in [0, 0.05) is 11.1 Å². The van der Waals surface area contributed by atoms with Crippen LogP contribution in [-0.4, -0.2) is 30.1 Å². The molecule has 1 heterocycles. The number of carboxylic acids is 1. The van der Waals surface area contributed by atoms with Crippen LogP contribution in [0.1, 0.15) is 0 Å². The Bertz CT molecular complexity index is 460. The number of benzene rings is 1. The fourth-order valence-electron chi connectivity index (χ4n) is 1.49. The number of carbonyl (C=O) groups is 2. The van der Waals surface area contributed by atoms with E-state index in [1.807, 2.05) is 0 Å². The van der Waals surface area contributed by atoms with Crippen LogP contribution in [0.5, 0.6) is 5.75 Å². The Morgan fingerprint density at radius 1 is 1.56 bits per heavy atom. The van der Waals surface area contributed by atoms with Crippen LogP contribution in [0, 0.1) is 0 Å². The summed E-state index contributed by atoms with van der Waals surface area (Å²) < 4.78 is 5.16. The molecule has 0 spiro atoms. The van der Waals surface area contributed by atoms with E-state index in [0.29, 0.717) is 16.5 Å². The van der Waals surface area contributed by atoms with E-state index < -0.39 is 5.97 Å². The molecule has 0 fully saturated rings. The van der Waals surface area contributed by atoms with Gasteiger partial charge in [-0.05, 0) is 12.1 Å². The van der Waals surface area contributed by atoms with Crippen molar-refractivity contribution in [2.75, 3.05) is 18.1 Å². The molecule has 0 aromatic heterocycles. The zero-order chi connectivity index (χ0) is 11.7. The lowest BCUT2D eigenvalue weighted by Crippen LogP contribution is -2.41. The van der Waals surface area contributed by atoms with E-state index in [0.717, 1.165) is 4.90 Å². The van der Waals surface area contributed by atoms with Gasteiger partial charge >= 0.3 is 5.97 Å². The topological polar surface area (TPSA) is 66.8 Å². The first-order valence-corrected chi connectivity index (χ1v) is 4.90. The number of nitrogens with zero attached hydrogens (tertiary/aromatic N) is 1. The Morgan fingerprint density at radius 2 is 2.31 bits per heavy atom. The molecule has 0 saturated carbocycles. The maximum Gasteiger partial charge on any atom is 0.323 e. The number of carboxylic acid groups (broad SMARTS) is 1. The number of carbonyl (C=O) groups excluding carboxylic acids is 1. The number of halogens is 1. The SMILES string of the molecule is O=C(O)CN1C(=O)COc2cc(Cl)ccc21. The first-order chi connectivity index (χ1) is 7.58. The second kappa shape index (κ2) is 4.02. The van der Waals surface area contributed by atoms with E-state index in [-0.39, 0.29) is 19.1 Å².